The van der Waals surface area contributed by atoms with Gasteiger partial charge in [-0.3, -0.25) is 9.59 Å². The number of fused-ring (bicyclic) bond motifs is 1. The minimum absolute atomic E-state index is 0.278. The van der Waals surface area contributed by atoms with Crippen molar-refractivity contribution in [3.05, 3.63) is 81.1 Å². The first-order valence-corrected chi connectivity index (χ1v) is 14.6. The molecule has 1 heterocycles. The van der Waals surface area contributed by atoms with Gasteiger partial charge in [0.15, 0.2) is 0 Å². The largest absolute Gasteiger partial charge is 0.322 e. The van der Waals surface area contributed by atoms with E-state index < -0.39 is 11.5 Å². The van der Waals surface area contributed by atoms with E-state index in [9.17, 15) is 18.4 Å². The molecule has 4 nitrogen and oxygen atoms in total. The minimum atomic E-state index is -3.10. The van der Waals surface area contributed by atoms with Crippen molar-refractivity contribution in [3.63, 3.8) is 0 Å². The molecule has 0 saturated heterocycles. The van der Waals surface area contributed by atoms with Gasteiger partial charge in [-0.15, -0.1) is 0 Å². The summed E-state index contributed by atoms with van der Waals surface area (Å²) < 4.78 is 27.6. The molecule has 6 heteroatoms. The number of carbonyl (C=O) groups is 2. The Labute approximate surface area is 240 Å². The predicted molar refractivity (Wildman–Crippen MR) is 167 cm³/mol. The van der Waals surface area contributed by atoms with Crippen LogP contribution < -0.4 is 5.56 Å². The topological polar surface area (TPSA) is 67.0 Å². The van der Waals surface area contributed by atoms with Crippen LogP contribution in [0.1, 0.15) is 127 Å². The zero-order chi connectivity index (χ0) is 31.0. The number of alkyl halides is 2. The number of aromatic amines is 1. The average molecular weight is 560 g/mol. The second-order valence-corrected chi connectivity index (χ2v) is 9.27. The summed E-state index contributed by atoms with van der Waals surface area (Å²) >= 11 is 0. The van der Waals surface area contributed by atoms with Gasteiger partial charge in [0.25, 0.3) is 5.92 Å². The van der Waals surface area contributed by atoms with Crippen molar-refractivity contribution in [2.24, 2.45) is 0 Å². The maximum Gasteiger partial charge on any atom is 0.271 e. The smallest absolute Gasteiger partial charge is 0.271 e. The van der Waals surface area contributed by atoms with Gasteiger partial charge in [0, 0.05) is 35.0 Å². The summed E-state index contributed by atoms with van der Waals surface area (Å²) in [5, 5.41) is 0.337. The van der Waals surface area contributed by atoms with E-state index in [4.69, 9.17) is 4.79 Å². The van der Waals surface area contributed by atoms with Crippen LogP contribution in [0.3, 0.4) is 0 Å². The van der Waals surface area contributed by atoms with Crippen molar-refractivity contribution in [3.8, 4) is 0 Å². The van der Waals surface area contributed by atoms with E-state index in [0.29, 0.717) is 22.9 Å². The van der Waals surface area contributed by atoms with Crippen LogP contribution in [0, 0.1) is 0 Å². The van der Waals surface area contributed by atoms with Gasteiger partial charge in [-0.05, 0) is 29.7 Å². The van der Waals surface area contributed by atoms with Gasteiger partial charge in [-0.2, -0.15) is 0 Å². The number of aldehydes is 1. The Balaban J connectivity index is 0. The summed E-state index contributed by atoms with van der Waals surface area (Å²) in [7, 11) is 0. The molecule has 0 aliphatic carbocycles. The number of hydrogen-bond donors (Lipinski definition) is 1. The number of halogens is 2. The number of pyridine rings is 1. The zero-order valence-corrected chi connectivity index (χ0v) is 25.7. The Morgan fingerprint density at radius 1 is 0.775 bits per heavy atom. The van der Waals surface area contributed by atoms with Gasteiger partial charge in [-0.1, -0.05) is 123 Å². The SMILES string of the molecule is C=O.CC.CC(F)(F)c1cc(=O)[nH]c2ccc(Cc3ccc(C=O)cc3)cc12.CCCCC.CCCCCCC. The minimum Gasteiger partial charge on any atom is -0.322 e. The van der Waals surface area contributed by atoms with E-state index in [1.54, 1.807) is 30.3 Å². The third-order valence-corrected chi connectivity index (χ3v) is 5.82. The van der Waals surface area contributed by atoms with Crippen LogP contribution in [0.2, 0.25) is 0 Å². The molecule has 224 valence electrons. The molecule has 3 rings (SSSR count). The highest BCUT2D eigenvalue weighted by Gasteiger charge is 2.27. The number of aromatic nitrogens is 1. The standard InChI is InChI=1S/C19H15F2NO2.C7H16.C5H12.C2H6.CH2O/c1-19(20,21)16-10-18(24)22-17-7-6-14(9-15(16)17)8-12-2-4-13(11-23)5-3-12;1-3-5-7-6-4-2;1-3-5-4-2;2*1-2/h2-7,9-11H,8H2,1H3,(H,22,24);3-7H2,1-2H3;3-5H2,1-2H3;1-2H3;1H2. The van der Waals surface area contributed by atoms with Crippen molar-refractivity contribution in [1.29, 1.82) is 0 Å². The fourth-order valence-corrected chi connectivity index (χ4v) is 3.75. The lowest BCUT2D eigenvalue weighted by Gasteiger charge is -2.14. The zero-order valence-electron chi connectivity index (χ0n) is 25.7. The number of nitrogens with one attached hydrogen (secondary N) is 1. The highest BCUT2D eigenvalue weighted by Crippen LogP contribution is 2.32. The first-order valence-electron chi connectivity index (χ1n) is 14.6. The van der Waals surface area contributed by atoms with Crippen LogP contribution >= 0.6 is 0 Å². The maximum absolute atomic E-state index is 13.8. The number of hydrogen-bond acceptors (Lipinski definition) is 3. The van der Waals surface area contributed by atoms with Gasteiger partial charge >= 0.3 is 0 Å². The second-order valence-electron chi connectivity index (χ2n) is 9.27. The normalized spacial score (nSPS) is 9.93. The van der Waals surface area contributed by atoms with E-state index in [2.05, 4.69) is 32.7 Å². The van der Waals surface area contributed by atoms with Gasteiger partial charge in [0.1, 0.15) is 13.1 Å². The molecule has 1 aromatic heterocycles. The lowest BCUT2D eigenvalue weighted by atomic mass is 9.98. The highest BCUT2D eigenvalue weighted by atomic mass is 19.3. The van der Waals surface area contributed by atoms with Crippen LogP contribution in [0.15, 0.2) is 53.3 Å². The van der Waals surface area contributed by atoms with Crippen molar-refractivity contribution in [1.82, 2.24) is 4.98 Å². The molecule has 1 N–H and O–H groups in total. The third-order valence-electron chi connectivity index (χ3n) is 5.82. The van der Waals surface area contributed by atoms with Crippen LogP contribution in [0.4, 0.5) is 8.78 Å². The highest BCUT2D eigenvalue weighted by molar-refractivity contribution is 5.83. The molecule has 0 unspecified atom stereocenters. The van der Waals surface area contributed by atoms with Crippen LogP contribution in [0.5, 0.6) is 0 Å². The lowest BCUT2D eigenvalue weighted by molar-refractivity contribution is -0.0980. The first-order chi connectivity index (χ1) is 19.2. The molecule has 0 aliphatic rings. The summed E-state index contributed by atoms with van der Waals surface area (Å²) in [6.07, 6.45) is 12.4. The fraction of sp³-hybridized carbons (Fsp3) is 0.500. The Bertz CT molecular complexity index is 1100. The molecule has 0 atom stereocenters. The molecule has 40 heavy (non-hydrogen) atoms. The van der Waals surface area contributed by atoms with E-state index in [-0.39, 0.29) is 5.56 Å². The first kappa shape index (κ1) is 39.0. The summed E-state index contributed by atoms with van der Waals surface area (Å²) in [5.74, 6) is -3.10. The number of H-pyrrole nitrogens is 1. The molecule has 0 aliphatic heterocycles. The molecule has 0 fully saturated rings. The summed E-state index contributed by atoms with van der Waals surface area (Å²) in [6, 6.07) is 13.1. The van der Waals surface area contributed by atoms with Crippen LogP contribution in [0.25, 0.3) is 10.9 Å². The monoisotopic (exact) mass is 559 g/mol. The van der Waals surface area contributed by atoms with Crippen molar-refractivity contribution in [2.75, 3.05) is 0 Å². The van der Waals surface area contributed by atoms with Gasteiger partial charge < -0.3 is 9.78 Å². The Hall–Kier alpha value is -3.15. The maximum atomic E-state index is 13.8. The predicted octanol–water partition coefficient (Wildman–Crippen LogP) is 10.1. The Kier molecular flexibility index (Phi) is 23.1. The molecule has 0 saturated carbocycles. The van der Waals surface area contributed by atoms with E-state index >= 15 is 0 Å². The average Bonchev–Trinajstić information content (AvgIpc) is 2.96. The van der Waals surface area contributed by atoms with Crippen molar-refractivity contribution >= 4 is 24.0 Å². The molecule has 0 bridgehead atoms. The number of rotatable bonds is 10. The summed E-state index contributed by atoms with van der Waals surface area (Å²) in [4.78, 5) is 32.8. The van der Waals surface area contributed by atoms with Crippen LogP contribution in [-0.4, -0.2) is 18.1 Å². The Morgan fingerprint density at radius 3 is 1.70 bits per heavy atom. The molecule has 0 spiro atoms. The van der Waals surface area contributed by atoms with Crippen LogP contribution in [-0.2, 0) is 17.1 Å². The number of benzene rings is 2. The molecule has 3 aromatic rings. The fourth-order valence-electron chi connectivity index (χ4n) is 3.75. The second kappa shape index (κ2) is 23.7. The third kappa shape index (κ3) is 16.1. The molecule has 0 radical (unpaired) electrons. The molecular weight excluding hydrogens is 508 g/mol. The molecule has 2 aromatic carbocycles. The molecule has 0 amide bonds. The van der Waals surface area contributed by atoms with Crippen molar-refractivity contribution in [2.45, 2.75) is 112 Å². The molecular formula is C34H51F2NO3. The van der Waals surface area contributed by atoms with E-state index in [1.165, 1.54) is 51.4 Å². The van der Waals surface area contributed by atoms with E-state index in [0.717, 1.165) is 30.4 Å². The van der Waals surface area contributed by atoms with Gasteiger partial charge in [0.05, 0.1) is 0 Å². The quantitative estimate of drug-likeness (QED) is 0.198. The lowest BCUT2D eigenvalue weighted by Crippen LogP contribution is -2.15. The number of unbranched alkanes of at least 4 members (excludes halogenated alkanes) is 6. The van der Waals surface area contributed by atoms with E-state index in [1.807, 2.05) is 32.8 Å². The number of carbonyl (C=O) groups excluding carboxylic acids is 2. The Morgan fingerprint density at radius 2 is 1.27 bits per heavy atom. The van der Waals surface area contributed by atoms with Gasteiger partial charge in [0.2, 0.25) is 5.56 Å². The van der Waals surface area contributed by atoms with Gasteiger partial charge in [-0.25, -0.2) is 8.78 Å². The van der Waals surface area contributed by atoms with Crippen molar-refractivity contribution < 1.29 is 18.4 Å². The summed E-state index contributed by atoms with van der Waals surface area (Å²) in [5.41, 5.74) is 1.96. The summed E-state index contributed by atoms with van der Waals surface area (Å²) in [6.45, 7) is 15.7.